The molecule has 16 heavy (non-hydrogen) atoms. The van der Waals surface area contributed by atoms with E-state index >= 15 is 0 Å². The molecule has 0 unspecified atom stereocenters. The van der Waals surface area contributed by atoms with Gasteiger partial charge in [0.15, 0.2) is 0 Å². The number of halogens is 2. The summed E-state index contributed by atoms with van der Waals surface area (Å²) in [5.74, 6) is -0.0709. The topological polar surface area (TPSA) is 40.5 Å². The molecule has 1 amide bonds. The van der Waals surface area contributed by atoms with E-state index in [9.17, 15) is 9.90 Å². The van der Waals surface area contributed by atoms with E-state index in [2.05, 4.69) is 22.6 Å². The minimum absolute atomic E-state index is 0.0709. The Hall–Kier alpha value is -0.330. The van der Waals surface area contributed by atoms with Gasteiger partial charge in [-0.15, -0.1) is 0 Å². The van der Waals surface area contributed by atoms with Crippen LogP contribution in [0, 0.1) is 3.57 Å². The maximum atomic E-state index is 12.0. The van der Waals surface area contributed by atoms with Crippen LogP contribution < -0.4 is 0 Å². The Balaban J connectivity index is 2.20. The van der Waals surface area contributed by atoms with Crippen LogP contribution in [0.1, 0.15) is 17.3 Å². The van der Waals surface area contributed by atoms with Gasteiger partial charge in [0.25, 0.3) is 5.91 Å². The Labute approximate surface area is 113 Å². The summed E-state index contributed by atoms with van der Waals surface area (Å²) in [5, 5.41) is 10.2. The monoisotopic (exact) mass is 351 g/mol. The maximum Gasteiger partial charge on any atom is 0.255 e. The van der Waals surface area contributed by atoms with E-state index in [0.29, 0.717) is 23.7 Å². The Morgan fingerprint density at radius 1 is 1.56 bits per heavy atom. The first-order valence-corrected chi connectivity index (χ1v) is 6.32. The SMILES string of the molecule is CC1(O)CN(C(=O)c2cccc(Cl)c2I)C1. The van der Waals surface area contributed by atoms with Crippen LogP contribution in [0.3, 0.4) is 0 Å². The average molecular weight is 352 g/mol. The minimum atomic E-state index is -0.736. The summed E-state index contributed by atoms with van der Waals surface area (Å²) in [5.41, 5.74) is -0.136. The molecule has 1 saturated heterocycles. The largest absolute Gasteiger partial charge is 0.386 e. The second kappa shape index (κ2) is 4.16. The number of β-amino-alcohol motifs (C(OH)–C–C–N with tert-alkyl or cyclic N) is 1. The molecule has 0 aliphatic carbocycles. The lowest BCUT2D eigenvalue weighted by molar-refractivity contribution is -0.0669. The van der Waals surface area contributed by atoms with E-state index in [1.165, 1.54) is 0 Å². The Kier molecular flexibility index (Phi) is 3.16. The first kappa shape index (κ1) is 12.1. The van der Waals surface area contributed by atoms with Gasteiger partial charge in [-0.1, -0.05) is 17.7 Å². The fourth-order valence-corrected chi connectivity index (χ4v) is 2.52. The molecule has 86 valence electrons. The van der Waals surface area contributed by atoms with E-state index in [4.69, 9.17) is 11.6 Å². The molecule has 1 aliphatic rings. The van der Waals surface area contributed by atoms with Crippen LogP contribution in [0.2, 0.25) is 5.02 Å². The van der Waals surface area contributed by atoms with Crippen molar-refractivity contribution in [2.24, 2.45) is 0 Å². The molecule has 0 atom stereocenters. The number of carbonyl (C=O) groups excluding carboxylic acids is 1. The number of hydrogen-bond donors (Lipinski definition) is 1. The fourth-order valence-electron chi connectivity index (χ4n) is 1.76. The summed E-state index contributed by atoms with van der Waals surface area (Å²) in [6.45, 7) is 2.49. The van der Waals surface area contributed by atoms with Crippen LogP contribution >= 0.6 is 34.2 Å². The number of likely N-dealkylation sites (tertiary alicyclic amines) is 1. The zero-order chi connectivity index (χ0) is 11.9. The summed E-state index contributed by atoms with van der Waals surface area (Å²) >= 11 is 8.01. The predicted octanol–water partition coefficient (Wildman–Crippen LogP) is 2.15. The number of aliphatic hydroxyl groups is 1. The highest BCUT2D eigenvalue weighted by atomic mass is 127. The highest BCUT2D eigenvalue weighted by Gasteiger charge is 2.40. The van der Waals surface area contributed by atoms with E-state index in [1.807, 2.05) is 0 Å². The minimum Gasteiger partial charge on any atom is -0.386 e. The molecule has 0 bridgehead atoms. The normalized spacial score (nSPS) is 18.1. The molecular formula is C11H11ClINO2. The van der Waals surface area contributed by atoms with Crippen molar-refractivity contribution < 1.29 is 9.90 Å². The summed E-state index contributed by atoms with van der Waals surface area (Å²) in [7, 11) is 0. The van der Waals surface area contributed by atoms with Crippen LogP contribution in [0.15, 0.2) is 18.2 Å². The number of benzene rings is 1. The van der Waals surface area contributed by atoms with Crippen molar-refractivity contribution in [3.05, 3.63) is 32.4 Å². The van der Waals surface area contributed by atoms with Gasteiger partial charge in [-0.05, 0) is 41.6 Å². The Morgan fingerprint density at radius 2 is 2.19 bits per heavy atom. The summed E-state index contributed by atoms with van der Waals surface area (Å²) in [6, 6.07) is 5.27. The number of rotatable bonds is 1. The van der Waals surface area contributed by atoms with Gasteiger partial charge in [0.2, 0.25) is 0 Å². The Morgan fingerprint density at radius 3 is 2.75 bits per heavy atom. The van der Waals surface area contributed by atoms with Crippen molar-refractivity contribution in [2.45, 2.75) is 12.5 Å². The zero-order valence-electron chi connectivity index (χ0n) is 8.70. The van der Waals surface area contributed by atoms with Crippen molar-refractivity contribution in [3.63, 3.8) is 0 Å². The standard InChI is InChI=1S/C11H11ClINO2/c1-11(16)5-14(6-11)10(15)7-3-2-4-8(12)9(7)13/h2-4,16H,5-6H2,1H3. The fraction of sp³-hybridized carbons (Fsp3) is 0.364. The van der Waals surface area contributed by atoms with Gasteiger partial charge in [0.05, 0.1) is 29.3 Å². The third-order valence-corrected chi connectivity index (χ3v) is 4.33. The highest BCUT2D eigenvalue weighted by molar-refractivity contribution is 14.1. The van der Waals surface area contributed by atoms with E-state index in [-0.39, 0.29) is 5.91 Å². The third-order valence-electron chi connectivity index (χ3n) is 2.53. The van der Waals surface area contributed by atoms with E-state index < -0.39 is 5.60 Å². The van der Waals surface area contributed by atoms with Gasteiger partial charge in [0.1, 0.15) is 0 Å². The first-order valence-electron chi connectivity index (χ1n) is 4.86. The third kappa shape index (κ3) is 2.19. The molecular weight excluding hydrogens is 340 g/mol. The number of carbonyl (C=O) groups is 1. The van der Waals surface area contributed by atoms with Crippen molar-refractivity contribution in [2.75, 3.05) is 13.1 Å². The maximum absolute atomic E-state index is 12.0. The van der Waals surface area contributed by atoms with Crippen LogP contribution in [0.25, 0.3) is 0 Å². The predicted molar refractivity (Wildman–Crippen MR) is 70.7 cm³/mol. The van der Waals surface area contributed by atoms with Crippen molar-refractivity contribution >= 4 is 40.1 Å². The number of hydrogen-bond acceptors (Lipinski definition) is 2. The smallest absolute Gasteiger partial charge is 0.255 e. The second-order valence-electron chi connectivity index (χ2n) is 4.26. The van der Waals surface area contributed by atoms with Gasteiger partial charge >= 0.3 is 0 Å². The number of nitrogens with zero attached hydrogens (tertiary/aromatic N) is 1. The molecule has 1 heterocycles. The van der Waals surface area contributed by atoms with Crippen LogP contribution in [-0.2, 0) is 0 Å². The van der Waals surface area contributed by atoms with Crippen molar-refractivity contribution in [1.82, 2.24) is 4.90 Å². The van der Waals surface area contributed by atoms with Crippen molar-refractivity contribution in [1.29, 1.82) is 0 Å². The lowest BCUT2D eigenvalue weighted by atomic mass is 9.96. The summed E-state index contributed by atoms with van der Waals surface area (Å²) in [4.78, 5) is 13.7. The quantitative estimate of drug-likeness (QED) is 0.788. The van der Waals surface area contributed by atoms with Gasteiger partial charge in [-0.3, -0.25) is 4.79 Å². The zero-order valence-corrected chi connectivity index (χ0v) is 11.6. The highest BCUT2D eigenvalue weighted by Crippen LogP contribution is 2.27. The molecule has 3 nitrogen and oxygen atoms in total. The molecule has 0 spiro atoms. The Bertz CT molecular complexity index is 440. The first-order chi connectivity index (χ1) is 7.41. The second-order valence-corrected chi connectivity index (χ2v) is 5.75. The van der Waals surface area contributed by atoms with Crippen LogP contribution in [-0.4, -0.2) is 34.6 Å². The number of amides is 1. The molecule has 1 aromatic rings. The molecule has 5 heteroatoms. The molecule has 0 saturated carbocycles. The van der Waals surface area contributed by atoms with Gasteiger partial charge in [0, 0.05) is 3.57 Å². The summed E-state index contributed by atoms with van der Waals surface area (Å²) < 4.78 is 0.762. The van der Waals surface area contributed by atoms with Crippen LogP contribution in [0.4, 0.5) is 0 Å². The molecule has 2 rings (SSSR count). The van der Waals surface area contributed by atoms with Crippen molar-refractivity contribution in [3.8, 4) is 0 Å². The summed E-state index contributed by atoms with van der Waals surface area (Å²) in [6.07, 6.45) is 0. The molecule has 0 radical (unpaired) electrons. The average Bonchev–Trinajstić information content (AvgIpc) is 2.17. The lowest BCUT2D eigenvalue weighted by Crippen LogP contribution is -2.61. The van der Waals surface area contributed by atoms with E-state index in [1.54, 1.807) is 30.0 Å². The molecule has 1 aromatic carbocycles. The molecule has 1 N–H and O–H groups in total. The van der Waals surface area contributed by atoms with Gasteiger partial charge in [-0.25, -0.2) is 0 Å². The molecule has 1 fully saturated rings. The lowest BCUT2D eigenvalue weighted by Gasteiger charge is -2.44. The van der Waals surface area contributed by atoms with Gasteiger partial charge in [-0.2, -0.15) is 0 Å². The van der Waals surface area contributed by atoms with Crippen LogP contribution in [0.5, 0.6) is 0 Å². The van der Waals surface area contributed by atoms with Gasteiger partial charge < -0.3 is 10.0 Å². The van der Waals surface area contributed by atoms with E-state index in [0.717, 1.165) is 3.57 Å². The molecule has 1 aliphatic heterocycles. The molecule has 0 aromatic heterocycles.